The van der Waals surface area contributed by atoms with Crippen LogP contribution in [0.15, 0.2) is 42.5 Å². The number of para-hydroxylation sites is 1. The summed E-state index contributed by atoms with van der Waals surface area (Å²) in [7, 11) is 0. The molecule has 3 rings (SSSR count). The molecule has 1 atom stereocenters. The van der Waals surface area contributed by atoms with Crippen molar-refractivity contribution in [2.75, 3.05) is 0 Å². The molecular formula is C17H18O2. The van der Waals surface area contributed by atoms with E-state index < -0.39 is 0 Å². The van der Waals surface area contributed by atoms with Crippen LogP contribution >= 0.6 is 0 Å². The predicted octanol–water partition coefficient (Wildman–Crippen LogP) is 4.33. The van der Waals surface area contributed by atoms with Gasteiger partial charge in [0.25, 0.3) is 0 Å². The van der Waals surface area contributed by atoms with Crippen LogP contribution in [0.25, 0.3) is 11.1 Å². The molecule has 0 aliphatic carbocycles. The van der Waals surface area contributed by atoms with Gasteiger partial charge >= 0.3 is 0 Å². The van der Waals surface area contributed by atoms with E-state index in [1.54, 1.807) is 6.07 Å². The summed E-state index contributed by atoms with van der Waals surface area (Å²) < 4.78 is 6.03. The van der Waals surface area contributed by atoms with Crippen molar-refractivity contribution in [3.05, 3.63) is 48.0 Å². The van der Waals surface area contributed by atoms with E-state index in [9.17, 15) is 5.11 Å². The Hall–Kier alpha value is -1.96. The molecule has 1 aliphatic rings. The van der Waals surface area contributed by atoms with Gasteiger partial charge in [-0.2, -0.15) is 0 Å². The molecular weight excluding hydrogens is 236 g/mol. The lowest BCUT2D eigenvalue weighted by Crippen LogP contribution is -2.28. The summed E-state index contributed by atoms with van der Waals surface area (Å²) in [5, 5.41) is 10.1. The summed E-state index contributed by atoms with van der Waals surface area (Å²) >= 11 is 0. The van der Waals surface area contributed by atoms with Crippen LogP contribution in [-0.2, 0) is 0 Å². The van der Waals surface area contributed by atoms with Gasteiger partial charge in [0.1, 0.15) is 17.1 Å². The summed E-state index contributed by atoms with van der Waals surface area (Å²) in [6.45, 7) is 6.38. The standard InChI is InChI=1S/C17H18O2/c1-11-16-13(12-7-4-5-9-14(12)18)8-6-10-15(16)19-17(11,2)3/h4-11,18H,1-3H3. The van der Waals surface area contributed by atoms with Crippen molar-refractivity contribution < 1.29 is 9.84 Å². The highest BCUT2D eigenvalue weighted by Crippen LogP contribution is 2.49. The van der Waals surface area contributed by atoms with Gasteiger partial charge in [-0.3, -0.25) is 0 Å². The molecule has 0 saturated carbocycles. The van der Waals surface area contributed by atoms with E-state index in [2.05, 4.69) is 26.8 Å². The Bertz CT molecular complexity index is 629. The molecule has 1 aliphatic heterocycles. The first kappa shape index (κ1) is 12.1. The number of fused-ring (bicyclic) bond motifs is 1. The van der Waals surface area contributed by atoms with E-state index >= 15 is 0 Å². The zero-order chi connectivity index (χ0) is 13.6. The molecule has 0 aromatic heterocycles. The van der Waals surface area contributed by atoms with Crippen LogP contribution in [0.3, 0.4) is 0 Å². The van der Waals surface area contributed by atoms with Crippen molar-refractivity contribution in [2.45, 2.75) is 32.3 Å². The number of hydrogen-bond acceptors (Lipinski definition) is 2. The van der Waals surface area contributed by atoms with Crippen LogP contribution in [0.2, 0.25) is 0 Å². The third kappa shape index (κ3) is 1.79. The fraction of sp³-hybridized carbons (Fsp3) is 0.294. The monoisotopic (exact) mass is 254 g/mol. The van der Waals surface area contributed by atoms with E-state index in [0.717, 1.165) is 16.9 Å². The molecule has 1 N–H and O–H groups in total. The molecule has 2 nitrogen and oxygen atoms in total. The summed E-state index contributed by atoms with van der Waals surface area (Å²) in [5.41, 5.74) is 2.92. The Balaban J connectivity index is 2.22. The van der Waals surface area contributed by atoms with Crippen molar-refractivity contribution in [3.8, 4) is 22.6 Å². The van der Waals surface area contributed by atoms with Crippen LogP contribution in [-0.4, -0.2) is 10.7 Å². The Kier molecular flexibility index (Phi) is 2.56. The van der Waals surface area contributed by atoms with Crippen LogP contribution in [0, 0.1) is 0 Å². The molecule has 0 saturated heterocycles. The maximum Gasteiger partial charge on any atom is 0.124 e. The molecule has 1 unspecified atom stereocenters. The highest BCUT2D eigenvalue weighted by molar-refractivity contribution is 5.76. The van der Waals surface area contributed by atoms with E-state index in [1.807, 2.05) is 30.3 Å². The lowest BCUT2D eigenvalue weighted by Gasteiger charge is -2.23. The van der Waals surface area contributed by atoms with Gasteiger partial charge in [0, 0.05) is 17.0 Å². The maximum atomic E-state index is 10.1. The molecule has 0 fully saturated rings. The third-order valence-electron chi connectivity index (χ3n) is 4.11. The smallest absolute Gasteiger partial charge is 0.124 e. The first-order valence-corrected chi connectivity index (χ1v) is 6.61. The van der Waals surface area contributed by atoms with Crippen LogP contribution in [0.1, 0.15) is 32.3 Å². The second kappa shape index (κ2) is 4.02. The van der Waals surface area contributed by atoms with Gasteiger partial charge in [0.05, 0.1) is 0 Å². The number of hydrogen-bond donors (Lipinski definition) is 1. The molecule has 0 amide bonds. The van der Waals surface area contributed by atoms with Gasteiger partial charge < -0.3 is 9.84 Å². The minimum atomic E-state index is -0.206. The fourth-order valence-electron chi connectivity index (χ4n) is 2.74. The third-order valence-corrected chi connectivity index (χ3v) is 4.11. The highest BCUT2D eigenvalue weighted by Gasteiger charge is 2.39. The molecule has 1 heterocycles. The molecule has 2 aromatic rings. The van der Waals surface area contributed by atoms with Crippen LogP contribution in [0.5, 0.6) is 11.5 Å². The first-order chi connectivity index (χ1) is 9.00. The number of benzene rings is 2. The maximum absolute atomic E-state index is 10.1. The van der Waals surface area contributed by atoms with E-state index in [4.69, 9.17) is 4.74 Å². The largest absolute Gasteiger partial charge is 0.507 e. The molecule has 2 aromatic carbocycles. The van der Waals surface area contributed by atoms with Crippen molar-refractivity contribution in [2.24, 2.45) is 0 Å². The van der Waals surface area contributed by atoms with Crippen LogP contribution in [0.4, 0.5) is 0 Å². The summed E-state index contributed by atoms with van der Waals surface area (Å²) in [6, 6.07) is 13.5. The molecule has 98 valence electrons. The minimum Gasteiger partial charge on any atom is -0.507 e. The molecule has 0 radical (unpaired) electrons. The van der Waals surface area contributed by atoms with Gasteiger partial charge in [-0.15, -0.1) is 0 Å². The summed E-state index contributed by atoms with van der Waals surface area (Å²) in [6.07, 6.45) is 0. The number of ether oxygens (including phenoxy) is 1. The zero-order valence-electron chi connectivity index (χ0n) is 11.5. The molecule has 0 bridgehead atoms. The average Bonchev–Trinajstić information content (AvgIpc) is 2.61. The van der Waals surface area contributed by atoms with Gasteiger partial charge in [-0.25, -0.2) is 0 Å². The van der Waals surface area contributed by atoms with Gasteiger partial charge in [0.2, 0.25) is 0 Å². The topological polar surface area (TPSA) is 29.5 Å². The number of rotatable bonds is 1. The van der Waals surface area contributed by atoms with E-state index in [0.29, 0.717) is 11.7 Å². The normalized spacial score (nSPS) is 19.8. The fourth-order valence-corrected chi connectivity index (χ4v) is 2.74. The highest BCUT2D eigenvalue weighted by atomic mass is 16.5. The van der Waals surface area contributed by atoms with Crippen molar-refractivity contribution in [1.82, 2.24) is 0 Å². The second-order valence-corrected chi connectivity index (χ2v) is 5.66. The first-order valence-electron chi connectivity index (χ1n) is 6.61. The average molecular weight is 254 g/mol. The predicted molar refractivity (Wildman–Crippen MR) is 76.7 cm³/mol. The molecule has 2 heteroatoms. The van der Waals surface area contributed by atoms with E-state index in [1.165, 1.54) is 5.56 Å². The number of phenols is 1. The number of phenolic OH excluding ortho intramolecular Hbond substituents is 1. The number of aromatic hydroxyl groups is 1. The Morgan fingerprint density at radius 1 is 1.00 bits per heavy atom. The van der Waals surface area contributed by atoms with Crippen molar-refractivity contribution in [3.63, 3.8) is 0 Å². The van der Waals surface area contributed by atoms with Gasteiger partial charge in [-0.05, 0) is 31.5 Å². The second-order valence-electron chi connectivity index (χ2n) is 5.66. The Morgan fingerprint density at radius 2 is 1.68 bits per heavy atom. The van der Waals surface area contributed by atoms with Crippen molar-refractivity contribution in [1.29, 1.82) is 0 Å². The minimum absolute atomic E-state index is 0.206. The summed E-state index contributed by atoms with van der Waals surface area (Å²) in [5.74, 6) is 1.53. The lowest BCUT2D eigenvalue weighted by molar-refractivity contribution is 0.116. The summed E-state index contributed by atoms with van der Waals surface area (Å²) in [4.78, 5) is 0. The zero-order valence-corrected chi connectivity index (χ0v) is 11.5. The van der Waals surface area contributed by atoms with E-state index in [-0.39, 0.29) is 5.60 Å². The van der Waals surface area contributed by atoms with Crippen molar-refractivity contribution >= 4 is 0 Å². The molecule has 0 spiro atoms. The quantitative estimate of drug-likeness (QED) is 0.820. The van der Waals surface area contributed by atoms with Gasteiger partial charge in [-0.1, -0.05) is 37.3 Å². The Labute approximate surface area is 113 Å². The Morgan fingerprint density at radius 3 is 2.42 bits per heavy atom. The van der Waals surface area contributed by atoms with Gasteiger partial charge in [0.15, 0.2) is 0 Å². The molecule has 19 heavy (non-hydrogen) atoms. The van der Waals surface area contributed by atoms with Crippen LogP contribution < -0.4 is 4.74 Å². The SMILES string of the molecule is CC1c2c(cccc2-c2ccccc2O)OC1(C)C. The lowest BCUT2D eigenvalue weighted by atomic mass is 9.84.